The zero-order valence-corrected chi connectivity index (χ0v) is 12.7. The predicted molar refractivity (Wildman–Crippen MR) is 77.5 cm³/mol. The highest BCUT2D eigenvalue weighted by Gasteiger charge is 2.28. The van der Waals surface area contributed by atoms with Gasteiger partial charge in [-0.05, 0) is 32.9 Å². The highest BCUT2D eigenvalue weighted by molar-refractivity contribution is 5.86. The van der Waals surface area contributed by atoms with E-state index >= 15 is 0 Å². The summed E-state index contributed by atoms with van der Waals surface area (Å²) >= 11 is 0. The van der Waals surface area contributed by atoms with Crippen LogP contribution in [0.5, 0.6) is 0 Å². The second-order valence-corrected chi connectivity index (χ2v) is 5.58. The number of alkyl halides is 3. The number of nitro benzene ring substituents is 1. The van der Waals surface area contributed by atoms with E-state index in [1.807, 2.05) is 5.32 Å². The minimum absolute atomic E-state index is 0.0644. The minimum Gasteiger partial charge on any atom is -0.444 e. The molecule has 0 fully saturated rings. The molecule has 0 spiro atoms. The Morgan fingerprint density at radius 1 is 1.30 bits per heavy atom. The molecule has 7 nitrogen and oxygen atoms in total. The van der Waals surface area contributed by atoms with Crippen LogP contribution in [0.3, 0.4) is 0 Å². The molecular formula is C13H16F3N3O4. The standard InChI is InChI=1S/C13H16F3N3O4/c1-12(2,3)23-11(20)18-8-4-5-10(19(21)22)9(6-8)17-7-13(14,15)16/h4-6,17H,7H2,1-3H3,(H,18,20). The quantitative estimate of drug-likeness (QED) is 0.642. The first-order valence-electron chi connectivity index (χ1n) is 6.46. The van der Waals surface area contributed by atoms with Gasteiger partial charge in [-0.25, -0.2) is 4.79 Å². The fourth-order valence-corrected chi connectivity index (χ4v) is 1.53. The maximum Gasteiger partial charge on any atom is 0.412 e. The lowest BCUT2D eigenvalue weighted by Crippen LogP contribution is -2.27. The van der Waals surface area contributed by atoms with Crippen LogP contribution in [-0.2, 0) is 4.74 Å². The van der Waals surface area contributed by atoms with Crippen molar-refractivity contribution in [3.63, 3.8) is 0 Å². The van der Waals surface area contributed by atoms with E-state index in [1.54, 1.807) is 20.8 Å². The molecule has 0 saturated carbocycles. The van der Waals surface area contributed by atoms with Crippen LogP contribution in [-0.4, -0.2) is 29.3 Å². The number of amides is 1. The van der Waals surface area contributed by atoms with Crippen molar-refractivity contribution >= 4 is 23.2 Å². The van der Waals surface area contributed by atoms with Gasteiger partial charge in [-0.1, -0.05) is 0 Å². The zero-order chi connectivity index (χ0) is 17.8. The molecule has 0 radical (unpaired) electrons. The summed E-state index contributed by atoms with van der Waals surface area (Å²) in [6.07, 6.45) is -5.37. The van der Waals surface area contributed by atoms with E-state index in [1.165, 1.54) is 6.07 Å². The van der Waals surface area contributed by atoms with E-state index in [-0.39, 0.29) is 11.4 Å². The van der Waals surface area contributed by atoms with Crippen molar-refractivity contribution in [2.45, 2.75) is 32.5 Å². The molecule has 1 amide bonds. The van der Waals surface area contributed by atoms with Gasteiger partial charge in [0, 0.05) is 11.8 Å². The minimum atomic E-state index is -4.54. The summed E-state index contributed by atoms with van der Waals surface area (Å²) in [4.78, 5) is 21.6. The lowest BCUT2D eigenvalue weighted by atomic mass is 10.2. The monoisotopic (exact) mass is 335 g/mol. The molecule has 0 aliphatic carbocycles. The molecular weight excluding hydrogens is 319 g/mol. The molecule has 128 valence electrons. The molecule has 0 heterocycles. The van der Waals surface area contributed by atoms with Crippen molar-refractivity contribution in [1.29, 1.82) is 0 Å². The highest BCUT2D eigenvalue weighted by atomic mass is 19.4. The van der Waals surface area contributed by atoms with E-state index in [0.717, 1.165) is 12.1 Å². The van der Waals surface area contributed by atoms with Gasteiger partial charge in [0.1, 0.15) is 17.8 Å². The normalized spacial score (nSPS) is 11.7. The third-order valence-electron chi connectivity index (χ3n) is 2.32. The molecule has 0 saturated heterocycles. The van der Waals surface area contributed by atoms with Crippen LogP contribution in [0.25, 0.3) is 0 Å². The summed E-state index contributed by atoms with van der Waals surface area (Å²) in [6.45, 7) is 3.47. The van der Waals surface area contributed by atoms with Crippen LogP contribution in [0.15, 0.2) is 18.2 Å². The van der Waals surface area contributed by atoms with Crippen molar-refractivity contribution < 1.29 is 27.6 Å². The van der Waals surface area contributed by atoms with Gasteiger partial charge in [0.25, 0.3) is 5.69 Å². The Kier molecular flexibility index (Phi) is 5.41. The largest absolute Gasteiger partial charge is 0.444 e. The summed E-state index contributed by atoms with van der Waals surface area (Å²) in [6, 6.07) is 3.22. The molecule has 0 aliphatic rings. The number of carbonyl (C=O) groups excluding carboxylic acids is 1. The maximum absolute atomic E-state index is 12.2. The van der Waals surface area contributed by atoms with Gasteiger partial charge >= 0.3 is 12.3 Å². The first-order chi connectivity index (χ1) is 10.4. The van der Waals surface area contributed by atoms with Crippen molar-refractivity contribution in [3.05, 3.63) is 28.3 Å². The number of benzene rings is 1. The van der Waals surface area contributed by atoms with Gasteiger partial charge in [0.15, 0.2) is 0 Å². The third-order valence-corrected chi connectivity index (χ3v) is 2.32. The number of hydrogen-bond acceptors (Lipinski definition) is 5. The average molecular weight is 335 g/mol. The third kappa shape index (κ3) is 6.85. The van der Waals surface area contributed by atoms with Gasteiger partial charge < -0.3 is 10.1 Å². The Morgan fingerprint density at radius 2 is 1.91 bits per heavy atom. The van der Waals surface area contributed by atoms with Gasteiger partial charge in [0.2, 0.25) is 0 Å². The molecule has 2 N–H and O–H groups in total. The molecule has 0 bridgehead atoms. The molecule has 0 unspecified atom stereocenters. The number of nitro groups is 1. The van der Waals surface area contributed by atoms with Crippen molar-refractivity contribution in [1.82, 2.24) is 0 Å². The number of anilines is 2. The molecule has 10 heteroatoms. The van der Waals surface area contributed by atoms with Crippen LogP contribution < -0.4 is 10.6 Å². The van der Waals surface area contributed by atoms with E-state index in [9.17, 15) is 28.1 Å². The van der Waals surface area contributed by atoms with Crippen molar-refractivity contribution in [2.75, 3.05) is 17.2 Å². The number of rotatable bonds is 4. The van der Waals surface area contributed by atoms with Crippen molar-refractivity contribution in [3.8, 4) is 0 Å². The zero-order valence-electron chi connectivity index (χ0n) is 12.7. The Labute approximate surface area is 130 Å². The van der Waals surface area contributed by atoms with Gasteiger partial charge in [0.05, 0.1) is 4.92 Å². The molecule has 23 heavy (non-hydrogen) atoms. The van der Waals surface area contributed by atoms with E-state index in [4.69, 9.17) is 4.74 Å². The number of nitrogens with zero attached hydrogens (tertiary/aromatic N) is 1. The Morgan fingerprint density at radius 3 is 2.39 bits per heavy atom. The summed E-state index contributed by atoms with van der Waals surface area (Å²) in [5.41, 5.74) is -1.60. The molecule has 1 aromatic rings. The number of nitrogens with one attached hydrogen (secondary N) is 2. The summed E-state index contributed by atoms with van der Waals surface area (Å²) in [7, 11) is 0. The van der Waals surface area contributed by atoms with Crippen LogP contribution in [0.4, 0.5) is 35.0 Å². The lowest BCUT2D eigenvalue weighted by Gasteiger charge is -2.20. The fraction of sp³-hybridized carbons (Fsp3) is 0.462. The number of carbonyl (C=O) groups is 1. The number of hydrogen-bond donors (Lipinski definition) is 2. The molecule has 0 aromatic heterocycles. The lowest BCUT2D eigenvalue weighted by molar-refractivity contribution is -0.384. The highest BCUT2D eigenvalue weighted by Crippen LogP contribution is 2.29. The fourth-order valence-electron chi connectivity index (χ4n) is 1.53. The van der Waals surface area contributed by atoms with E-state index < -0.39 is 35.0 Å². The van der Waals surface area contributed by atoms with Crippen molar-refractivity contribution in [2.24, 2.45) is 0 Å². The van der Waals surface area contributed by atoms with E-state index in [0.29, 0.717) is 0 Å². The first-order valence-corrected chi connectivity index (χ1v) is 6.46. The van der Waals surface area contributed by atoms with Crippen LogP contribution >= 0.6 is 0 Å². The predicted octanol–water partition coefficient (Wildman–Crippen LogP) is 3.92. The molecule has 0 atom stereocenters. The maximum atomic E-state index is 12.2. The molecule has 0 aliphatic heterocycles. The average Bonchev–Trinajstić information content (AvgIpc) is 2.32. The van der Waals surface area contributed by atoms with Gasteiger partial charge in [-0.3, -0.25) is 15.4 Å². The van der Waals surface area contributed by atoms with E-state index in [2.05, 4.69) is 5.32 Å². The summed E-state index contributed by atoms with van der Waals surface area (Å²) < 4.78 is 41.7. The SMILES string of the molecule is CC(C)(C)OC(=O)Nc1ccc([N+](=O)[O-])c(NCC(F)(F)F)c1. The van der Waals surface area contributed by atoms with Crippen LogP contribution in [0.1, 0.15) is 20.8 Å². The summed E-state index contributed by atoms with van der Waals surface area (Å²) in [5.74, 6) is 0. The summed E-state index contributed by atoms with van der Waals surface area (Å²) in [5, 5.41) is 15.1. The van der Waals surface area contributed by atoms with Crippen LogP contribution in [0.2, 0.25) is 0 Å². The molecule has 1 aromatic carbocycles. The Hall–Kier alpha value is -2.52. The van der Waals surface area contributed by atoms with Gasteiger partial charge in [-0.15, -0.1) is 0 Å². The second kappa shape index (κ2) is 6.71. The Bertz CT molecular complexity index is 597. The smallest absolute Gasteiger partial charge is 0.412 e. The van der Waals surface area contributed by atoms with Gasteiger partial charge in [-0.2, -0.15) is 13.2 Å². The number of halogens is 3. The molecule has 1 rings (SSSR count). The second-order valence-electron chi connectivity index (χ2n) is 5.58. The Balaban J connectivity index is 2.95. The van der Waals surface area contributed by atoms with Crippen LogP contribution in [0, 0.1) is 10.1 Å². The first kappa shape index (κ1) is 18.5. The topological polar surface area (TPSA) is 93.5 Å². The number of ether oxygens (including phenoxy) is 1.